The molecule has 0 unspecified atom stereocenters. The minimum Gasteiger partial charge on any atom is -0.497 e. The van der Waals surface area contributed by atoms with Crippen LogP contribution in [0.2, 0.25) is 5.02 Å². The molecule has 2 heterocycles. The molecule has 166 valence electrons. The second-order valence-corrected chi connectivity index (χ2v) is 10.2. The summed E-state index contributed by atoms with van der Waals surface area (Å²) in [5, 5.41) is 0.528. The Morgan fingerprint density at radius 2 is 1.81 bits per heavy atom. The van der Waals surface area contributed by atoms with Crippen molar-refractivity contribution in [1.29, 1.82) is 0 Å². The van der Waals surface area contributed by atoms with Crippen molar-refractivity contribution in [2.75, 3.05) is 27.3 Å². The van der Waals surface area contributed by atoms with Gasteiger partial charge in [-0.1, -0.05) is 11.6 Å². The molecule has 0 radical (unpaired) electrons. The van der Waals surface area contributed by atoms with Gasteiger partial charge in [0.1, 0.15) is 27.7 Å². The standard InChI is InChI=1S/C22H24ClNO6S/c1-14-10-20-16(12-17(14)23)18(25)13-22(30-20)6-8-24(9-7-22)31(26,27)21-11-15(28-2)4-5-19(21)29-3/h4-5,10-12H,6-9,13H2,1-3H3. The average molecular weight is 466 g/mol. The van der Waals surface area contributed by atoms with Gasteiger partial charge < -0.3 is 14.2 Å². The molecular weight excluding hydrogens is 442 g/mol. The van der Waals surface area contributed by atoms with Gasteiger partial charge in [-0.05, 0) is 36.8 Å². The van der Waals surface area contributed by atoms with Crippen LogP contribution in [0.5, 0.6) is 17.2 Å². The van der Waals surface area contributed by atoms with Crippen molar-refractivity contribution in [3.8, 4) is 17.2 Å². The molecule has 0 atom stereocenters. The first-order valence-electron chi connectivity index (χ1n) is 9.94. The lowest BCUT2D eigenvalue weighted by atomic mass is 9.83. The summed E-state index contributed by atoms with van der Waals surface area (Å²) >= 11 is 6.16. The number of ketones is 1. The van der Waals surface area contributed by atoms with E-state index in [1.807, 2.05) is 6.92 Å². The Balaban J connectivity index is 1.57. The third kappa shape index (κ3) is 3.88. The third-order valence-corrected chi connectivity index (χ3v) is 8.32. The predicted molar refractivity (Wildman–Crippen MR) is 116 cm³/mol. The minimum atomic E-state index is -3.81. The number of hydrogen-bond donors (Lipinski definition) is 0. The van der Waals surface area contributed by atoms with E-state index in [0.717, 1.165) is 5.56 Å². The number of rotatable bonds is 4. The largest absolute Gasteiger partial charge is 0.497 e. The number of fused-ring (bicyclic) bond motifs is 1. The quantitative estimate of drug-likeness (QED) is 0.682. The molecule has 4 rings (SSSR count). The number of methoxy groups -OCH3 is 2. The monoisotopic (exact) mass is 465 g/mol. The molecule has 0 saturated carbocycles. The van der Waals surface area contributed by atoms with Crippen molar-refractivity contribution in [1.82, 2.24) is 4.31 Å². The number of sulfonamides is 1. The highest BCUT2D eigenvalue weighted by Crippen LogP contribution is 2.42. The first-order chi connectivity index (χ1) is 14.7. The Labute approximate surface area is 186 Å². The lowest BCUT2D eigenvalue weighted by Gasteiger charge is -2.43. The number of carbonyl (C=O) groups excluding carboxylic acids is 1. The lowest BCUT2D eigenvalue weighted by molar-refractivity contribution is 0.00586. The summed E-state index contributed by atoms with van der Waals surface area (Å²) in [6.07, 6.45) is 1.02. The fraction of sp³-hybridized carbons (Fsp3) is 0.409. The molecule has 1 fully saturated rings. The van der Waals surface area contributed by atoms with E-state index >= 15 is 0 Å². The number of Topliss-reactive ketones (excluding diaryl/α,β-unsaturated/α-hetero) is 1. The van der Waals surface area contributed by atoms with E-state index in [2.05, 4.69) is 0 Å². The zero-order valence-electron chi connectivity index (χ0n) is 17.6. The van der Waals surface area contributed by atoms with Gasteiger partial charge in [-0.2, -0.15) is 4.31 Å². The molecule has 2 aliphatic rings. The Morgan fingerprint density at radius 3 is 2.45 bits per heavy atom. The van der Waals surface area contributed by atoms with Crippen molar-refractivity contribution in [2.24, 2.45) is 0 Å². The molecule has 0 aliphatic carbocycles. The Morgan fingerprint density at radius 1 is 1.10 bits per heavy atom. The number of nitrogens with zero attached hydrogens (tertiary/aromatic N) is 1. The van der Waals surface area contributed by atoms with Crippen molar-refractivity contribution >= 4 is 27.4 Å². The molecule has 31 heavy (non-hydrogen) atoms. The van der Waals surface area contributed by atoms with Crippen LogP contribution in [0.1, 0.15) is 35.2 Å². The number of halogens is 1. The minimum absolute atomic E-state index is 0.0334. The Kier molecular flexibility index (Phi) is 5.66. The molecular formula is C22H24ClNO6S. The predicted octanol–water partition coefficient (Wildman–Crippen LogP) is 3.85. The molecule has 2 aromatic carbocycles. The summed E-state index contributed by atoms with van der Waals surface area (Å²) in [4.78, 5) is 12.8. The van der Waals surface area contributed by atoms with E-state index in [4.69, 9.17) is 25.8 Å². The van der Waals surface area contributed by atoms with Gasteiger partial charge in [-0.25, -0.2) is 8.42 Å². The van der Waals surface area contributed by atoms with Gasteiger partial charge in [0.2, 0.25) is 10.0 Å². The topological polar surface area (TPSA) is 82.1 Å². The van der Waals surface area contributed by atoms with Gasteiger partial charge in [0.15, 0.2) is 5.78 Å². The fourth-order valence-corrected chi connectivity index (χ4v) is 5.93. The highest BCUT2D eigenvalue weighted by Gasteiger charge is 2.45. The summed E-state index contributed by atoms with van der Waals surface area (Å²) in [5.74, 6) is 1.17. The maximum absolute atomic E-state index is 13.3. The van der Waals surface area contributed by atoms with Crippen LogP contribution in [0.15, 0.2) is 35.2 Å². The number of ether oxygens (including phenoxy) is 3. The zero-order valence-corrected chi connectivity index (χ0v) is 19.2. The van der Waals surface area contributed by atoms with Gasteiger partial charge in [0.25, 0.3) is 0 Å². The van der Waals surface area contributed by atoms with Crippen LogP contribution >= 0.6 is 11.6 Å². The van der Waals surface area contributed by atoms with Gasteiger partial charge >= 0.3 is 0 Å². The lowest BCUT2D eigenvalue weighted by Crippen LogP contribution is -2.52. The SMILES string of the molecule is COc1ccc(OC)c(S(=O)(=O)N2CCC3(CC2)CC(=O)c2cc(Cl)c(C)cc2O3)c1. The van der Waals surface area contributed by atoms with Crippen LogP contribution in [-0.4, -0.2) is 51.4 Å². The fourth-order valence-electron chi connectivity index (χ4n) is 4.15. The molecule has 1 saturated heterocycles. The summed E-state index contributed by atoms with van der Waals surface area (Å²) < 4.78 is 44.8. The highest BCUT2D eigenvalue weighted by atomic mass is 35.5. The van der Waals surface area contributed by atoms with Crippen LogP contribution in [0.25, 0.3) is 0 Å². The zero-order chi connectivity index (χ0) is 22.4. The van der Waals surface area contributed by atoms with Crippen LogP contribution in [0.4, 0.5) is 0 Å². The van der Waals surface area contributed by atoms with Gasteiger partial charge in [0, 0.05) is 37.0 Å². The molecule has 1 spiro atoms. The van der Waals surface area contributed by atoms with E-state index in [0.29, 0.717) is 34.9 Å². The summed E-state index contributed by atoms with van der Waals surface area (Å²) in [6, 6.07) is 8.11. The maximum atomic E-state index is 13.3. The average Bonchev–Trinajstić information content (AvgIpc) is 2.75. The summed E-state index contributed by atoms with van der Waals surface area (Å²) in [5.41, 5.74) is 0.599. The molecule has 0 bridgehead atoms. The molecule has 2 aliphatic heterocycles. The first-order valence-corrected chi connectivity index (χ1v) is 11.8. The van der Waals surface area contributed by atoms with Gasteiger partial charge in [0.05, 0.1) is 26.2 Å². The molecule has 0 amide bonds. The normalized spacial score (nSPS) is 18.4. The highest BCUT2D eigenvalue weighted by molar-refractivity contribution is 7.89. The van der Waals surface area contributed by atoms with Crippen LogP contribution in [0.3, 0.4) is 0 Å². The molecule has 2 aromatic rings. The molecule has 0 N–H and O–H groups in total. The second kappa shape index (κ2) is 8.00. The number of carbonyl (C=O) groups is 1. The second-order valence-electron chi connectivity index (χ2n) is 7.90. The Hall–Kier alpha value is -2.29. The first kappa shape index (κ1) is 21.9. The van der Waals surface area contributed by atoms with Crippen LogP contribution < -0.4 is 14.2 Å². The summed E-state index contributed by atoms with van der Waals surface area (Å²) in [6.45, 7) is 2.32. The molecule has 7 nitrogen and oxygen atoms in total. The molecule has 9 heteroatoms. The smallest absolute Gasteiger partial charge is 0.246 e. The van der Waals surface area contributed by atoms with Gasteiger partial charge in [-0.3, -0.25) is 4.79 Å². The van der Waals surface area contributed by atoms with Crippen molar-refractivity contribution in [2.45, 2.75) is 36.7 Å². The van der Waals surface area contributed by atoms with E-state index in [1.165, 1.54) is 24.6 Å². The van der Waals surface area contributed by atoms with Gasteiger partial charge in [-0.15, -0.1) is 0 Å². The van der Waals surface area contributed by atoms with Crippen molar-refractivity contribution < 1.29 is 27.4 Å². The number of aryl methyl sites for hydroxylation is 1. The number of benzene rings is 2. The van der Waals surface area contributed by atoms with Crippen molar-refractivity contribution in [3.05, 3.63) is 46.5 Å². The molecule has 0 aromatic heterocycles. The summed E-state index contributed by atoms with van der Waals surface area (Å²) in [7, 11) is -0.900. The van der Waals surface area contributed by atoms with Crippen LogP contribution in [0, 0.1) is 6.92 Å². The van der Waals surface area contributed by atoms with Crippen molar-refractivity contribution in [3.63, 3.8) is 0 Å². The number of hydrogen-bond acceptors (Lipinski definition) is 6. The maximum Gasteiger partial charge on any atom is 0.246 e. The third-order valence-electron chi connectivity index (χ3n) is 5.99. The van der Waals surface area contributed by atoms with E-state index in [1.54, 1.807) is 24.3 Å². The van der Waals surface area contributed by atoms with E-state index < -0.39 is 15.6 Å². The van der Waals surface area contributed by atoms with Crippen LogP contribution in [-0.2, 0) is 10.0 Å². The number of piperidine rings is 1. The van der Waals surface area contributed by atoms with E-state index in [-0.39, 0.29) is 35.9 Å². The Bertz CT molecular complexity index is 1140. The van der Waals surface area contributed by atoms with E-state index in [9.17, 15) is 13.2 Å².